The average molecular weight is 379 g/mol. The van der Waals surface area contributed by atoms with E-state index < -0.39 is 11.8 Å². The fraction of sp³-hybridized carbons (Fsp3) is 0.238. The topological polar surface area (TPSA) is 92.5 Å². The van der Waals surface area contributed by atoms with Gasteiger partial charge in [0.05, 0.1) is 17.2 Å². The molecule has 1 atom stereocenters. The van der Waals surface area contributed by atoms with Gasteiger partial charge in [-0.15, -0.1) is 0 Å². The third-order valence-electron chi connectivity index (χ3n) is 4.70. The molecule has 1 fully saturated rings. The van der Waals surface area contributed by atoms with Crippen LogP contribution in [0.15, 0.2) is 54.7 Å². The van der Waals surface area contributed by atoms with Crippen molar-refractivity contribution in [1.29, 1.82) is 0 Å². The van der Waals surface area contributed by atoms with Crippen LogP contribution in [-0.2, 0) is 4.74 Å². The number of hydrazine groups is 1. The average Bonchev–Trinajstić information content (AvgIpc) is 3.40. The third kappa shape index (κ3) is 3.84. The highest BCUT2D eigenvalue weighted by Gasteiger charge is 2.19. The van der Waals surface area contributed by atoms with Crippen molar-refractivity contribution in [3.05, 3.63) is 65.9 Å². The number of nitrogens with one attached hydrogen (secondary N) is 3. The minimum absolute atomic E-state index is 0.0534. The van der Waals surface area contributed by atoms with Crippen molar-refractivity contribution in [2.24, 2.45) is 0 Å². The fourth-order valence-corrected chi connectivity index (χ4v) is 3.25. The largest absolute Gasteiger partial charge is 0.490 e. The number of para-hydroxylation sites is 2. The second-order valence-electron chi connectivity index (χ2n) is 6.60. The number of carbonyl (C=O) groups is 2. The third-order valence-corrected chi connectivity index (χ3v) is 4.70. The van der Waals surface area contributed by atoms with Gasteiger partial charge in [0.15, 0.2) is 0 Å². The number of aromatic nitrogens is 1. The van der Waals surface area contributed by atoms with E-state index in [0.717, 1.165) is 30.4 Å². The van der Waals surface area contributed by atoms with Gasteiger partial charge >= 0.3 is 0 Å². The Morgan fingerprint density at radius 2 is 1.79 bits per heavy atom. The molecule has 0 radical (unpaired) electrons. The summed E-state index contributed by atoms with van der Waals surface area (Å²) in [7, 11) is 0. The molecule has 28 heavy (non-hydrogen) atoms. The molecule has 1 aliphatic heterocycles. The number of rotatable bonds is 5. The van der Waals surface area contributed by atoms with E-state index in [1.54, 1.807) is 30.5 Å². The zero-order valence-electron chi connectivity index (χ0n) is 15.2. The lowest BCUT2D eigenvalue weighted by atomic mass is 10.1. The number of H-pyrrole nitrogens is 1. The van der Waals surface area contributed by atoms with Crippen LogP contribution in [0.1, 0.15) is 33.6 Å². The quantitative estimate of drug-likeness (QED) is 0.595. The number of ether oxygens (including phenoxy) is 2. The van der Waals surface area contributed by atoms with E-state index in [9.17, 15) is 9.59 Å². The lowest BCUT2D eigenvalue weighted by molar-refractivity contribution is 0.0669. The first-order chi connectivity index (χ1) is 13.7. The Morgan fingerprint density at radius 3 is 2.61 bits per heavy atom. The van der Waals surface area contributed by atoms with Gasteiger partial charge in [-0.05, 0) is 31.0 Å². The second-order valence-corrected chi connectivity index (χ2v) is 6.60. The Hall–Kier alpha value is -3.32. The first-order valence-electron chi connectivity index (χ1n) is 9.22. The highest BCUT2D eigenvalue weighted by Crippen LogP contribution is 2.20. The monoisotopic (exact) mass is 379 g/mol. The molecule has 2 aromatic carbocycles. The number of hydrogen-bond donors (Lipinski definition) is 3. The number of fused-ring (bicyclic) bond motifs is 1. The molecular weight excluding hydrogens is 358 g/mol. The predicted molar refractivity (Wildman–Crippen MR) is 104 cm³/mol. The molecule has 2 heterocycles. The number of benzene rings is 2. The lowest BCUT2D eigenvalue weighted by Crippen LogP contribution is -2.41. The Balaban J connectivity index is 1.40. The van der Waals surface area contributed by atoms with Crippen LogP contribution in [0.2, 0.25) is 0 Å². The molecule has 1 aliphatic rings. The van der Waals surface area contributed by atoms with E-state index in [-0.39, 0.29) is 6.10 Å². The Bertz CT molecular complexity index is 992. The van der Waals surface area contributed by atoms with E-state index in [0.29, 0.717) is 23.5 Å². The molecule has 144 valence electrons. The minimum Gasteiger partial charge on any atom is -0.490 e. The molecule has 1 unspecified atom stereocenters. The van der Waals surface area contributed by atoms with E-state index in [2.05, 4.69) is 15.8 Å². The van der Waals surface area contributed by atoms with Gasteiger partial charge in [-0.25, -0.2) is 0 Å². The first-order valence-corrected chi connectivity index (χ1v) is 9.22. The van der Waals surface area contributed by atoms with Crippen LogP contribution in [0.4, 0.5) is 0 Å². The molecular formula is C21H21N3O4. The minimum atomic E-state index is -0.448. The van der Waals surface area contributed by atoms with Crippen LogP contribution in [0.5, 0.6) is 5.75 Å². The molecule has 3 aromatic rings. The maximum absolute atomic E-state index is 12.6. The molecule has 0 aliphatic carbocycles. The van der Waals surface area contributed by atoms with Gasteiger partial charge in [0.2, 0.25) is 0 Å². The van der Waals surface area contributed by atoms with Crippen molar-refractivity contribution in [3.8, 4) is 5.75 Å². The number of amides is 2. The van der Waals surface area contributed by atoms with Gasteiger partial charge in [-0.3, -0.25) is 20.4 Å². The van der Waals surface area contributed by atoms with Gasteiger partial charge < -0.3 is 14.5 Å². The van der Waals surface area contributed by atoms with Crippen molar-refractivity contribution >= 4 is 22.7 Å². The van der Waals surface area contributed by atoms with Gasteiger partial charge in [0, 0.05) is 23.7 Å². The summed E-state index contributed by atoms with van der Waals surface area (Å²) in [5.41, 5.74) is 6.58. The number of carbonyl (C=O) groups excluding carboxylic acids is 2. The molecule has 7 nitrogen and oxygen atoms in total. The van der Waals surface area contributed by atoms with E-state index >= 15 is 0 Å². The zero-order chi connectivity index (χ0) is 19.3. The molecule has 0 saturated carbocycles. The van der Waals surface area contributed by atoms with Crippen LogP contribution in [-0.4, -0.2) is 36.1 Å². The summed E-state index contributed by atoms with van der Waals surface area (Å²) in [4.78, 5) is 28.0. The maximum Gasteiger partial charge on any atom is 0.273 e. The van der Waals surface area contributed by atoms with Gasteiger partial charge in [0.1, 0.15) is 12.4 Å². The summed E-state index contributed by atoms with van der Waals surface area (Å²) in [6.07, 6.45) is 3.65. The zero-order valence-corrected chi connectivity index (χ0v) is 15.2. The molecule has 1 saturated heterocycles. The van der Waals surface area contributed by atoms with E-state index in [1.165, 1.54) is 0 Å². The molecule has 1 aromatic heterocycles. The molecule has 3 N–H and O–H groups in total. The van der Waals surface area contributed by atoms with Crippen molar-refractivity contribution in [2.45, 2.75) is 18.9 Å². The maximum atomic E-state index is 12.6. The summed E-state index contributed by atoms with van der Waals surface area (Å²) in [5.74, 6) is -0.392. The van der Waals surface area contributed by atoms with Gasteiger partial charge in [0.25, 0.3) is 11.8 Å². The highest BCUT2D eigenvalue weighted by atomic mass is 16.5. The summed E-state index contributed by atoms with van der Waals surface area (Å²) >= 11 is 0. The van der Waals surface area contributed by atoms with Crippen LogP contribution >= 0.6 is 0 Å². The molecule has 0 bridgehead atoms. The molecule has 2 amide bonds. The van der Waals surface area contributed by atoms with Crippen molar-refractivity contribution < 1.29 is 19.1 Å². The summed E-state index contributed by atoms with van der Waals surface area (Å²) in [6, 6.07) is 14.4. The van der Waals surface area contributed by atoms with Crippen LogP contribution in [0.3, 0.4) is 0 Å². The van der Waals surface area contributed by atoms with Crippen LogP contribution in [0, 0.1) is 0 Å². The second kappa shape index (κ2) is 8.14. The molecule has 4 rings (SSSR count). The lowest BCUT2D eigenvalue weighted by Gasteiger charge is -2.14. The Kier molecular flexibility index (Phi) is 5.25. The Labute approximate surface area is 162 Å². The Morgan fingerprint density at radius 1 is 1.04 bits per heavy atom. The summed E-state index contributed by atoms with van der Waals surface area (Å²) in [5, 5.41) is 0.787. The van der Waals surface area contributed by atoms with Gasteiger partial charge in [-0.2, -0.15) is 0 Å². The van der Waals surface area contributed by atoms with Crippen LogP contribution < -0.4 is 15.6 Å². The highest BCUT2D eigenvalue weighted by molar-refractivity contribution is 6.07. The van der Waals surface area contributed by atoms with E-state index in [4.69, 9.17) is 9.47 Å². The summed E-state index contributed by atoms with van der Waals surface area (Å²) in [6.45, 7) is 1.14. The van der Waals surface area contributed by atoms with Crippen molar-refractivity contribution in [1.82, 2.24) is 15.8 Å². The fourth-order valence-electron chi connectivity index (χ4n) is 3.25. The van der Waals surface area contributed by atoms with Gasteiger partial charge in [-0.1, -0.05) is 30.3 Å². The van der Waals surface area contributed by atoms with Crippen molar-refractivity contribution in [2.75, 3.05) is 13.2 Å². The normalized spacial score (nSPS) is 16.1. The predicted octanol–water partition coefficient (Wildman–Crippen LogP) is 2.80. The first kappa shape index (κ1) is 18.1. The standard InChI is InChI=1S/C21H21N3O4/c25-20(16-8-2-4-10-19(16)28-13-14-6-5-11-27-14)23-24-21(26)17-12-22-18-9-3-1-7-15(17)18/h1-4,7-10,12,14,22H,5-6,11,13H2,(H,23,25)(H,24,26). The molecule has 0 spiro atoms. The summed E-state index contributed by atoms with van der Waals surface area (Å²) < 4.78 is 11.3. The van der Waals surface area contributed by atoms with Crippen LogP contribution in [0.25, 0.3) is 10.9 Å². The molecule has 7 heteroatoms. The van der Waals surface area contributed by atoms with Crippen molar-refractivity contribution in [3.63, 3.8) is 0 Å². The smallest absolute Gasteiger partial charge is 0.273 e. The van der Waals surface area contributed by atoms with E-state index in [1.807, 2.05) is 24.3 Å². The SMILES string of the molecule is O=C(NNC(=O)c1c[nH]c2ccccc12)c1ccccc1OCC1CCCO1. The number of hydrogen-bond acceptors (Lipinski definition) is 4. The number of aromatic amines is 1.